The van der Waals surface area contributed by atoms with E-state index in [2.05, 4.69) is 20.9 Å². The first-order valence-corrected chi connectivity index (χ1v) is 8.91. The number of nitrogens with one attached hydrogen (secondary N) is 3. The minimum absolute atomic E-state index is 0.0904. The number of pyridine rings is 1. The van der Waals surface area contributed by atoms with Gasteiger partial charge >= 0.3 is 6.03 Å². The van der Waals surface area contributed by atoms with E-state index in [4.69, 9.17) is 0 Å². The number of aromatic nitrogens is 1. The molecule has 3 amide bonds. The molecule has 0 saturated carbocycles. The number of carbonyl (C=O) groups is 2. The predicted octanol–water partition coefficient (Wildman–Crippen LogP) is 3.02. The Balaban J connectivity index is 1.78. The molecule has 7 heteroatoms. The fraction of sp³-hybridized carbons (Fsp3) is 0.350. The van der Waals surface area contributed by atoms with Crippen molar-refractivity contribution < 1.29 is 9.59 Å². The number of nitrogens with zero attached hydrogens (tertiary/aromatic N) is 2. The maximum Gasteiger partial charge on any atom is 0.319 e. The summed E-state index contributed by atoms with van der Waals surface area (Å²) in [5, 5.41) is 8.84. The Morgan fingerprint density at radius 2 is 1.85 bits per heavy atom. The van der Waals surface area contributed by atoms with Crippen molar-refractivity contribution in [1.82, 2.24) is 15.2 Å². The SMILES string of the molecule is Cc1ccc(NCCCNC(=O)Nc2cccc(C(=O)N(C)C)c2C)nc1. The summed E-state index contributed by atoms with van der Waals surface area (Å²) in [7, 11) is 3.41. The van der Waals surface area contributed by atoms with Gasteiger partial charge in [-0.25, -0.2) is 9.78 Å². The van der Waals surface area contributed by atoms with Crippen molar-refractivity contribution in [2.75, 3.05) is 37.8 Å². The number of carbonyl (C=O) groups excluding carboxylic acids is 2. The molecule has 0 fully saturated rings. The van der Waals surface area contributed by atoms with Crippen LogP contribution in [0.5, 0.6) is 0 Å². The highest BCUT2D eigenvalue weighted by Gasteiger charge is 2.14. The second-order valence-electron chi connectivity index (χ2n) is 6.56. The summed E-state index contributed by atoms with van der Waals surface area (Å²) in [5.74, 6) is 0.732. The lowest BCUT2D eigenvalue weighted by atomic mass is 10.1. The first kappa shape index (κ1) is 20.2. The Morgan fingerprint density at radius 1 is 1.07 bits per heavy atom. The van der Waals surface area contributed by atoms with Gasteiger partial charge in [-0.05, 0) is 49.6 Å². The van der Waals surface area contributed by atoms with Crippen LogP contribution in [0.15, 0.2) is 36.5 Å². The quantitative estimate of drug-likeness (QED) is 0.655. The number of aryl methyl sites for hydroxylation is 1. The molecule has 2 aromatic rings. The van der Waals surface area contributed by atoms with Crippen LogP contribution in [0.4, 0.5) is 16.3 Å². The highest BCUT2D eigenvalue weighted by atomic mass is 16.2. The molecule has 1 aromatic carbocycles. The van der Waals surface area contributed by atoms with Gasteiger partial charge in [0.25, 0.3) is 5.91 Å². The van der Waals surface area contributed by atoms with Gasteiger partial charge in [0, 0.05) is 44.6 Å². The van der Waals surface area contributed by atoms with Crippen molar-refractivity contribution in [2.45, 2.75) is 20.3 Å². The van der Waals surface area contributed by atoms with E-state index in [-0.39, 0.29) is 11.9 Å². The Hall–Kier alpha value is -3.09. The average molecular weight is 369 g/mol. The van der Waals surface area contributed by atoms with Gasteiger partial charge in [-0.1, -0.05) is 12.1 Å². The molecule has 0 aliphatic rings. The molecule has 7 nitrogen and oxygen atoms in total. The topological polar surface area (TPSA) is 86.4 Å². The van der Waals surface area contributed by atoms with Crippen molar-refractivity contribution in [2.24, 2.45) is 0 Å². The molecule has 144 valence electrons. The molecule has 2 rings (SSSR count). The third-order valence-corrected chi connectivity index (χ3v) is 4.08. The highest BCUT2D eigenvalue weighted by molar-refractivity contribution is 5.98. The molecular weight excluding hydrogens is 342 g/mol. The second-order valence-corrected chi connectivity index (χ2v) is 6.56. The largest absolute Gasteiger partial charge is 0.370 e. The standard InChI is InChI=1S/C20H27N5O2/c1-14-9-10-18(23-13-14)21-11-6-12-22-20(27)24-17-8-5-7-16(15(17)2)19(26)25(3)4/h5,7-10,13H,6,11-12H2,1-4H3,(H,21,23)(H2,22,24,27). The first-order chi connectivity index (χ1) is 12.9. The normalized spacial score (nSPS) is 10.2. The van der Waals surface area contributed by atoms with Gasteiger partial charge in [0.15, 0.2) is 0 Å². The van der Waals surface area contributed by atoms with Gasteiger partial charge in [0.2, 0.25) is 0 Å². The van der Waals surface area contributed by atoms with Crippen LogP contribution in [0.2, 0.25) is 0 Å². The van der Waals surface area contributed by atoms with E-state index in [0.29, 0.717) is 24.3 Å². The third-order valence-electron chi connectivity index (χ3n) is 4.08. The summed E-state index contributed by atoms with van der Waals surface area (Å²) >= 11 is 0. The number of rotatable bonds is 7. The predicted molar refractivity (Wildman–Crippen MR) is 108 cm³/mol. The fourth-order valence-corrected chi connectivity index (χ4v) is 2.49. The van der Waals surface area contributed by atoms with Crippen molar-refractivity contribution >= 4 is 23.4 Å². The molecule has 1 aromatic heterocycles. The zero-order chi connectivity index (χ0) is 19.8. The maximum atomic E-state index is 12.2. The molecule has 0 radical (unpaired) electrons. The van der Waals surface area contributed by atoms with E-state index in [1.165, 1.54) is 4.90 Å². The molecule has 0 unspecified atom stereocenters. The summed E-state index contributed by atoms with van der Waals surface area (Å²) < 4.78 is 0. The van der Waals surface area contributed by atoms with Crippen LogP contribution in [0.3, 0.4) is 0 Å². The second kappa shape index (κ2) is 9.56. The lowest BCUT2D eigenvalue weighted by molar-refractivity contribution is 0.0827. The lowest BCUT2D eigenvalue weighted by Gasteiger charge is -2.15. The zero-order valence-electron chi connectivity index (χ0n) is 16.3. The molecule has 0 aliphatic heterocycles. The molecule has 1 heterocycles. The van der Waals surface area contributed by atoms with Crippen LogP contribution in [0.25, 0.3) is 0 Å². The number of urea groups is 1. The maximum absolute atomic E-state index is 12.2. The number of hydrogen-bond acceptors (Lipinski definition) is 4. The Labute approximate surface area is 160 Å². The third kappa shape index (κ3) is 5.99. The molecule has 0 atom stereocenters. The van der Waals surface area contributed by atoms with Crippen LogP contribution < -0.4 is 16.0 Å². The molecule has 0 aliphatic carbocycles. The molecule has 0 bridgehead atoms. The Bertz CT molecular complexity index is 787. The summed E-state index contributed by atoms with van der Waals surface area (Å²) in [4.78, 5) is 30.1. The summed E-state index contributed by atoms with van der Waals surface area (Å²) in [6, 6.07) is 8.94. The Kier molecular flexibility index (Phi) is 7.16. The number of benzene rings is 1. The molecule has 27 heavy (non-hydrogen) atoms. The van der Waals surface area contributed by atoms with Crippen LogP contribution >= 0.6 is 0 Å². The zero-order valence-corrected chi connectivity index (χ0v) is 16.3. The summed E-state index contributed by atoms with van der Waals surface area (Å²) in [6.07, 6.45) is 2.58. The van der Waals surface area contributed by atoms with E-state index in [1.54, 1.807) is 32.3 Å². The van der Waals surface area contributed by atoms with Crippen molar-refractivity contribution in [3.05, 3.63) is 53.2 Å². The summed E-state index contributed by atoms with van der Waals surface area (Å²) in [6.45, 7) is 5.06. The van der Waals surface area contributed by atoms with E-state index in [9.17, 15) is 9.59 Å². The first-order valence-electron chi connectivity index (χ1n) is 8.91. The van der Waals surface area contributed by atoms with Gasteiger partial charge in [-0.2, -0.15) is 0 Å². The Morgan fingerprint density at radius 3 is 2.52 bits per heavy atom. The van der Waals surface area contributed by atoms with E-state index in [1.807, 2.05) is 32.2 Å². The smallest absolute Gasteiger partial charge is 0.319 e. The van der Waals surface area contributed by atoms with Crippen LogP contribution in [-0.4, -0.2) is 49.0 Å². The minimum Gasteiger partial charge on any atom is -0.370 e. The lowest BCUT2D eigenvalue weighted by Crippen LogP contribution is -2.31. The highest BCUT2D eigenvalue weighted by Crippen LogP contribution is 2.19. The van der Waals surface area contributed by atoms with Crippen LogP contribution in [0, 0.1) is 13.8 Å². The molecule has 3 N–H and O–H groups in total. The molecule has 0 saturated heterocycles. The van der Waals surface area contributed by atoms with Gasteiger partial charge in [-0.3, -0.25) is 4.79 Å². The van der Waals surface area contributed by atoms with Gasteiger partial charge < -0.3 is 20.9 Å². The monoisotopic (exact) mass is 369 g/mol. The van der Waals surface area contributed by atoms with Gasteiger partial charge in [-0.15, -0.1) is 0 Å². The van der Waals surface area contributed by atoms with E-state index >= 15 is 0 Å². The van der Waals surface area contributed by atoms with E-state index < -0.39 is 0 Å². The average Bonchev–Trinajstić information content (AvgIpc) is 2.64. The minimum atomic E-state index is -0.291. The fourth-order valence-electron chi connectivity index (χ4n) is 2.49. The van der Waals surface area contributed by atoms with Crippen molar-refractivity contribution in [1.29, 1.82) is 0 Å². The van der Waals surface area contributed by atoms with E-state index in [0.717, 1.165) is 23.4 Å². The van der Waals surface area contributed by atoms with Crippen molar-refractivity contribution in [3.63, 3.8) is 0 Å². The summed E-state index contributed by atoms with van der Waals surface area (Å²) in [5.41, 5.74) is 3.07. The number of amides is 3. The molecular formula is C20H27N5O2. The number of anilines is 2. The van der Waals surface area contributed by atoms with Crippen LogP contribution in [-0.2, 0) is 0 Å². The van der Waals surface area contributed by atoms with Gasteiger partial charge in [0.05, 0.1) is 0 Å². The van der Waals surface area contributed by atoms with Gasteiger partial charge in [0.1, 0.15) is 5.82 Å². The van der Waals surface area contributed by atoms with Crippen LogP contribution in [0.1, 0.15) is 27.9 Å². The molecule has 0 spiro atoms. The number of hydrogen-bond donors (Lipinski definition) is 3. The van der Waals surface area contributed by atoms with Crippen molar-refractivity contribution in [3.8, 4) is 0 Å².